The number of hydrogen-bond acceptors (Lipinski definition) is 5. The highest BCUT2D eigenvalue weighted by atomic mass is 16.5. The number of hydrogen-bond donors (Lipinski definition) is 1. The second kappa shape index (κ2) is 3.86. The Bertz CT molecular complexity index is 420. The van der Waals surface area contributed by atoms with Crippen LogP contribution in [0.15, 0.2) is 27.5 Å². The summed E-state index contributed by atoms with van der Waals surface area (Å²) < 4.78 is 10.1. The van der Waals surface area contributed by atoms with E-state index >= 15 is 0 Å². The zero-order valence-corrected chi connectivity index (χ0v) is 8.68. The van der Waals surface area contributed by atoms with Crippen molar-refractivity contribution < 1.29 is 8.94 Å². The molecule has 0 saturated carbocycles. The quantitative estimate of drug-likeness (QED) is 0.829. The number of furan rings is 1. The van der Waals surface area contributed by atoms with Gasteiger partial charge < -0.3 is 14.7 Å². The van der Waals surface area contributed by atoms with E-state index in [1.807, 2.05) is 13.8 Å². The molecular formula is C10H13N3O2. The summed E-state index contributed by atoms with van der Waals surface area (Å²) in [6.07, 6.45) is 3.14. The third kappa shape index (κ3) is 1.92. The summed E-state index contributed by atoms with van der Waals surface area (Å²) in [6.45, 7) is 3.86. The lowest BCUT2D eigenvalue weighted by Gasteiger charge is -2.09. The van der Waals surface area contributed by atoms with Gasteiger partial charge in [-0.2, -0.15) is 4.98 Å². The van der Waals surface area contributed by atoms with E-state index in [0.717, 1.165) is 5.56 Å². The zero-order valence-electron chi connectivity index (χ0n) is 8.68. The van der Waals surface area contributed by atoms with Crippen LogP contribution in [0.3, 0.4) is 0 Å². The molecular weight excluding hydrogens is 194 g/mol. The fourth-order valence-corrected chi connectivity index (χ4v) is 1.15. The molecule has 0 bridgehead atoms. The van der Waals surface area contributed by atoms with Gasteiger partial charge in [-0.15, -0.1) is 0 Å². The maximum atomic E-state index is 5.75. The molecule has 0 amide bonds. The first-order valence-electron chi connectivity index (χ1n) is 4.80. The van der Waals surface area contributed by atoms with Gasteiger partial charge in [0, 0.05) is 6.04 Å². The van der Waals surface area contributed by atoms with Crippen molar-refractivity contribution >= 4 is 0 Å². The van der Waals surface area contributed by atoms with Gasteiger partial charge >= 0.3 is 0 Å². The highest BCUT2D eigenvalue weighted by Gasteiger charge is 2.18. The second-order valence-corrected chi connectivity index (χ2v) is 3.62. The van der Waals surface area contributed by atoms with Crippen LogP contribution in [-0.4, -0.2) is 16.2 Å². The van der Waals surface area contributed by atoms with Crippen LogP contribution in [0.5, 0.6) is 0 Å². The first kappa shape index (κ1) is 9.92. The number of rotatable bonds is 3. The van der Waals surface area contributed by atoms with E-state index in [1.165, 1.54) is 0 Å². The molecule has 0 spiro atoms. The molecule has 5 nitrogen and oxygen atoms in total. The van der Waals surface area contributed by atoms with Crippen molar-refractivity contribution in [2.24, 2.45) is 5.73 Å². The molecule has 0 aliphatic carbocycles. The Morgan fingerprint density at radius 1 is 1.40 bits per heavy atom. The summed E-state index contributed by atoms with van der Waals surface area (Å²) in [4.78, 5) is 4.26. The number of aromatic nitrogens is 2. The van der Waals surface area contributed by atoms with Crippen molar-refractivity contribution in [2.45, 2.75) is 25.8 Å². The molecule has 0 aliphatic rings. The summed E-state index contributed by atoms with van der Waals surface area (Å²) in [6, 6.07) is 1.77. The monoisotopic (exact) mass is 207 g/mol. The van der Waals surface area contributed by atoms with Crippen molar-refractivity contribution in [3.05, 3.63) is 24.5 Å². The van der Waals surface area contributed by atoms with E-state index in [1.54, 1.807) is 18.6 Å². The van der Waals surface area contributed by atoms with Crippen LogP contribution in [0.2, 0.25) is 0 Å². The molecule has 0 saturated heterocycles. The molecule has 0 aliphatic heterocycles. The van der Waals surface area contributed by atoms with Crippen LogP contribution in [0.1, 0.15) is 25.7 Å². The molecule has 0 fully saturated rings. The lowest BCUT2D eigenvalue weighted by molar-refractivity contribution is 0.346. The van der Waals surface area contributed by atoms with Gasteiger partial charge in [-0.1, -0.05) is 12.1 Å². The Labute approximate surface area is 87.3 Å². The molecule has 5 heteroatoms. The lowest BCUT2D eigenvalue weighted by atomic mass is 10.1. The van der Waals surface area contributed by atoms with Crippen LogP contribution < -0.4 is 5.73 Å². The van der Waals surface area contributed by atoms with E-state index in [2.05, 4.69) is 10.1 Å². The summed E-state index contributed by atoms with van der Waals surface area (Å²) >= 11 is 0. The van der Waals surface area contributed by atoms with E-state index in [-0.39, 0.29) is 12.0 Å². The van der Waals surface area contributed by atoms with Crippen molar-refractivity contribution in [1.82, 2.24) is 10.1 Å². The smallest absolute Gasteiger partial charge is 0.231 e. The SMILES string of the molecule is CC(N)C(C)c1nc(-c2ccoc2)no1. The molecule has 2 heterocycles. The van der Waals surface area contributed by atoms with Gasteiger partial charge in [0.1, 0.15) is 6.26 Å². The first-order valence-corrected chi connectivity index (χ1v) is 4.80. The van der Waals surface area contributed by atoms with Crippen molar-refractivity contribution in [3.63, 3.8) is 0 Å². The fraction of sp³-hybridized carbons (Fsp3) is 0.400. The topological polar surface area (TPSA) is 78.1 Å². The summed E-state index contributed by atoms with van der Waals surface area (Å²) in [5, 5.41) is 3.86. The van der Waals surface area contributed by atoms with Crippen molar-refractivity contribution in [1.29, 1.82) is 0 Å². The minimum Gasteiger partial charge on any atom is -0.472 e. The Kier molecular flexibility index (Phi) is 2.55. The summed E-state index contributed by atoms with van der Waals surface area (Å²) in [5.74, 6) is 1.14. The molecule has 15 heavy (non-hydrogen) atoms. The largest absolute Gasteiger partial charge is 0.472 e. The van der Waals surface area contributed by atoms with Gasteiger partial charge in [0.2, 0.25) is 11.7 Å². The van der Waals surface area contributed by atoms with E-state index in [4.69, 9.17) is 14.7 Å². The van der Waals surface area contributed by atoms with E-state index < -0.39 is 0 Å². The van der Waals surface area contributed by atoms with Crippen LogP contribution in [0.25, 0.3) is 11.4 Å². The molecule has 0 aromatic carbocycles. The molecule has 2 N–H and O–H groups in total. The van der Waals surface area contributed by atoms with Crippen LogP contribution in [0.4, 0.5) is 0 Å². The van der Waals surface area contributed by atoms with Crippen molar-refractivity contribution in [3.8, 4) is 11.4 Å². The Balaban J connectivity index is 2.25. The highest BCUT2D eigenvalue weighted by Crippen LogP contribution is 2.21. The highest BCUT2D eigenvalue weighted by molar-refractivity contribution is 5.51. The molecule has 2 atom stereocenters. The summed E-state index contributed by atoms with van der Waals surface area (Å²) in [5.41, 5.74) is 6.56. The van der Waals surface area contributed by atoms with Gasteiger partial charge in [0.15, 0.2) is 0 Å². The number of nitrogens with zero attached hydrogens (tertiary/aromatic N) is 2. The third-order valence-electron chi connectivity index (χ3n) is 2.40. The van der Waals surface area contributed by atoms with Gasteiger partial charge in [-0.25, -0.2) is 0 Å². The molecule has 2 unspecified atom stereocenters. The van der Waals surface area contributed by atoms with Gasteiger partial charge in [-0.3, -0.25) is 0 Å². The predicted molar refractivity (Wildman–Crippen MR) is 54.1 cm³/mol. The lowest BCUT2D eigenvalue weighted by Crippen LogP contribution is -2.22. The zero-order chi connectivity index (χ0) is 10.8. The van der Waals surface area contributed by atoms with Crippen LogP contribution in [-0.2, 0) is 0 Å². The standard InChI is InChI=1S/C10H13N3O2/c1-6(7(2)11)10-12-9(13-15-10)8-3-4-14-5-8/h3-7H,11H2,1-2H3. The second-order valence-electron chi connectivity index (χ2n) is 3.62. The number of nitrogens with two attached hydrogens (primary N) is 1. The van der Waals surface area contributed by atoms with Gasteiger partial charge in [0.25, 0.3) is 0 Å². The molecule has 2 aromatic heterocycles. The van der Waals surface area contributed by atoms with Gasteiger partial charge in [0.05, 0.1) is 17.7 Å². The fourth-order valence-electron chi connectivity index (χ4n) is 1.15. The average Bonchev–Trinajstić information content (AvgIpc) is 2.86. The van der Waals surface area contributed by atoms with Crippen LogP contribution in [0, 0.1) is 0 Å². The summed E-state index contributed by atoms with van der Waals surface area (Å²) in [7, 11) is 0. The Morgan fingerprint density at radius 2 is 2.20 bits per heavy atom. The van der Waals surface area contributed by atoms with Crippen molar-refractivity contribution in [2.75, 3.05) is 0 Å². The third-order valence-corrected chi connectivity index (χ3v) is 2.40. The maximum Gasteiger partial charge on any atom is 0.231 e. The van der Waals surface area contributed by atoms with Gasteiger partial charge in [-0.05, 0) is 13.0 Å². The van der Waals surface area contributed by atoms with E-state index in [0.29, 0.717) is 11.7 Å². The molecule has 2 rings (SSSR count). The Hall–Kier alpha value is -1.62. The maximum absolute atomic E-state index is 5.75. The molecule has 0 radical (unpaired) electrons. The average molecular weight is 207 g/mol. The Morgan fingerprint density at radius 3 is 2.80 bits per heavy atom. The minimum atomic E-state index is -0.0114. The molecule has 80 valence electrons. The minimum absolute atomic E-state index is 0.0114. The normalized spacial score (nSPS) is 15.1. The predicted octanol–water partition coefficient (Wildman–Crippen LogP) is 1.78. The van der Waals surface area contributed by atoms with E-state index in [9.17, 15) is 0 Å². The molecule has 2 aromatic rings. The first-order chi connectivity index (χ1) is 7.18. The van der Waals surface area contributed by atoms with Crippen LogP contribution >= 0.6 is 0 Å².